The number of carbonyl (C=O) groups excluding carboxylic acids is 2. The van der Waals surface area contributed by atoms with Crippen molar-refractivity contribution in [2.24, 2.45) is 11.8 Å². The lowest BCUT2D eigenvalue weighted by Crippen LogP contribution is -2.31. The lowest BCUT2D eigenvalue weighted by Gasteiger charge is -2.20. The van der Waals surface area contributed by atoms with Crippen molar-refractivity contribution in [3.63, 3.8) is 0 Å². The van der Waals surface area contributed by atoms with E-state index < -0.39 is 6.10 Å². The summed E-state index contributed by atoms with van der Waals surface area (Å²) in [6.07, 6.45) is 3.19. The molecule has 1 fully saturated rings. The van der Waals surface area contributed by atoms with Crippen molar-refractivity contribution in [1.29, 1.82) is 0 Å². The minimum absolute atomic E-state index is 0.139. The third-order valence-corrected chi connectivity index (χ3v) is 3.04. The van der Waals surface area contributed by atoms with Crippen LogP contribution in [0.4, 0.5) is 0 Å². The van der Waals surface area contributed by atoms with Gasteiger partial charge < -0.3 is 0 Å². The molecule has 0 unspecified atom stereocenters. The third-order valence-electron chi connectivity index (χ3n) is 3.04. The zero-order valence-corrected chi connectivity index (χ0v) is 8.42. The van der Waals surface area contributed by atoms with Crippen LogP contribution in [0.15, 0.2) is 12.2 Å². The van der Waals surface area contributed by atoms with Gasteiger partial charge in [0.2, 0.25) is 11.8 Å². The molecule has 2 aliphatic rings. The zero-order valence-electron chi connectivity index (χ0n) is 8.42. The van der Waals surface area contributed by atoms with Crippen LogP contribution in [0.3, 0.4) is 0 Å². The van der Waals surface area contributed by atoms with E-state index in [1.807, 2.05) is 0 Å². The van der Waals surface area contributed by atoms with Crippen LogP contribution >= 0.6 is 0 Å². The van der Waals surface area contributed by atoms with Crippen molar-refractivity contribution in [2.75, 3.05) is 6.54 Å². The average Bonchev–Trinajstić information content (AvgIpc) is 2.51. The fourth-order valence-electron chi connectivity index (χ4n) is 2.24. The number of imide groups is 1. The molecular weight excluding hydrogens is 198 g/mol. The van der Waals surface area contributed by atoms with Crippen LogP contribution < -0.4 is 0 Å². The van der Waals surface area contributed by atoms with E-state index >= 15 is 0 Å². The number of fused-ring (bicyclic) bond motifs is 1. The van der Waals surface area contributed by atoms with Crippen molar-refractivity contribution in [3.05, 3.63) is 12.2 Å². The van der Waals surface area contributed by atoms with Crippen molar-refractivity contribution in [2.45, 2.75) is 19.4 Å². The molecule has 5 nitrogen and oxygen atoms in total. The first-order valence-corrected chi connectivity index (χ1v) is 5.02. The van der Waals surface area contributed by atoms with Crippen molar-refractivity contribution in [1.82, 2.24) is 4.90 Å². The van der Waals surface area contributed by atoms with Gasteiger partial charge in [-0.15, -0.1) is 0 Å². The Morgan fingerprint density at radius 1 is 1.47 bits per heavy atom. The normalized spacial score (nSPS) is 34.8. The number of carbonyl (C=O) groups is 2. The van der Waals surface area contributed by atoms with E-state index in [1.165, 1.54) is 4.90 Å². The Morgan fingerprint density at radius 2 is 2.20 bits per heavy atom. The molecule has 82 valence electrons. The van der Waals surface area contributed by atoms with Gasteiger partial charge in [-0.05, 0) is 13.3 Å². The summed E-state index contributed by atoms with van der Waals surface area (Å²) in [6, 6.07) is 0. The van der Waals surface area contributed by atoms with E-state index in [2.05, 4.69) is 4.89 Å². The van der Waals surface area contributed by atoms with Crippen molar-refractivity contribution < 1.29 is 19.7 Å². The van der Waals surface area contributed by atoms with E-state index in [0.717, 1.165) is 0 Å². The van der Waals surface area contributed by atoms with Crippen LogP contribution in [0.5, 0.6) is 0 Å². The lowest BCUT2D eigenvalue weighted by atomic mass is 9.85. The summed E-state index contributed by atoms with van der Waals surface area (Å²) in [4.78, 5) is 28.9. The Kier molecular flexibility index (Phi) is 2.58. The van der Waals surface area contributed by atoms with Gasteiger partial charge >= 0.3 is 0 Å². The van der Waals surface area contributed by atoms with Crippen molar-refractivity contribution >= 4 is 11.8 Å². The topological polar surface area (TPSA) is 66.8 Å². The monoisotopic (exact) mass is 211 g/mol. The SMILES string of the molecule is CCN1C(=O)[C@H]2C[C@@H](OO)C=C[C@H]2C1=O. The molecule has 0 saturated carbocycles. The molecule has 1 heterocycles. The van der Waals surface area contributed by atoms with Gasteiger partial charge in [-0.25, -0.2) is 4.89 Å². The molecule has 2 amide bonds. The second kappa shape index (κ2) is 3.75. The molecule has 0 aromatic heterocycles. The molecule has 1 aliphatic heterocycles. The molecule has 0 spiro atoms. The quantitative estimate of drug-likeness (QED) is 0.311. The molecule has 1 saturated heterocycles. The van der Waals surface area contributed by atoms with E-state index in [9.17, 15) is 9.59 Å². The minimum atomic E-state index is -0.472. The second-order valence-corrected chi connectivity index (χ2v) is 3.82. The molecule has 1 aliphatic carbocycles. The number of amides is 2. The van der Waals surface area contributed by atoms with Crippen LogP contribution in [0, 0.1) is 11.8 Å². The summed E-state index contributed by atoms with van der Waals surface area (Å²) in [5.74, 6) is -1.01. The summed E-state index contributed by atoms with van der Waals surface area (Å²) in [5, 5.41) is 8.53. The van der Waals surface area contributed by atoms with Crippen LogP contribution in [0.1, 0.15) is 13.3 Å². The molecule has 1 N–H and O–H groups in total. The Labute approximate surface area is 87.2 Å². The van der Waals surface area contributed by atoms with E-state index in [1.54, 1.807) is 19.1 Å². The first-order chi connectivity index (χ1) is 7.19. The highest BCUT2D eigenvalue weighted by Gasteiger charge is 2.47. The number of rotatable bonds is 2. The molecule has 5 heteroatoms. The number of hydrogen-bond acceptors (Lipinski definition) is 4. The molecule has 2 rings (SSSR count). The smallest absolute Gasteiger partial charge is 0.236 e. The van der Waals surface area contributed by atoms with Crippen LogP contribution in [0.25, 0.3) is 0 Å². The van der Waals surface area contributed by atoms with Crippen LogP contribution in [-0.2, 0) is 14.5 Å². The van der Waals surface area contributed by atoms with Gasteiger partial charge in [0.15, 0.2) is 0 Å². The standard InChI is InChI=1S/C10H13NO4/c1-2-11-9(12)7-4-3-6(15-14)5-8(7)10(11)13/h3-4,6-8,14H,2,5H2,1H3/t6-,7+,8-/m0/s1. The fourth-order valence-corrected chi connectivity index (χ4v) is 2.24. The first kappa shape index (κ1) is 10.3. The van der Waals surface area contributed by atoms with Crippen LogP contribution in [0.2, 0.25) is 0 Å². The average molecular weight is 211 g/mol. The zero-order chi connectivity index (χ0) is 11.0. The molecular formula is C10H13NO4. The molecule has 0 aromatic carbocycles. The first-order valence-electron chi connectivity index (χ1n) is 5.02. The summed E-state index contributed by atoms with van der Waals surface area (Å²) < 4.78 is 0. The highest BCUT2D eigenvalue weighted by atomic mass is 17.1. The van der Waals surface area contributed by atoms with Gasteiger partial charge in [-0.2, -0.15) is 0 Å². The predicted octanol–water partition coefficient (Wildman–Crippen LogP) is 0.426. The van der Waals surface area contributed by atoms with Gasteiger partial charge in [0, 0.05) is 6.54 Å². The van der Waals surface area contributed by atoms with E-state index in [-0.39, 0.29) is 23.7 Å². The predicted molar refractivity (Wildman–Crippen MR) is 50.6 cm³/mol. The van der Waals surface area contributed by atoms with Gasteiger partial charge in [0.25, 0.3) is 0 Å². The molecule has 0 radical (unpaired) electrons. The van der Waals surface area contributed by atoms with Gasteiger partial charge in [-0.3, -0.25) is 19.7 Å². The number of nitrogens with zero attached hydrogens (tertiary/aromatic N) is 1. The Hall–Kier alpha value is -1.20. The summed E-state index contributed by atoms with van der Waals surface area (Å²) in [6.45, 7) is 2.18. The maximum absolute atomic E-state index is 11.8. The van der Waals surface area contributed by atoms with E-state index in [0.29, 0.717) is 13.0 Å². The molecule has 0 bridgehead atoms. The molecule has 3 atom stereocenters. The van der Waals surface area contributed by atoms with Crippen LogP contribution in [-0.4, -0.2) is 34.6 Å². The minimum Gasteiger partial charge on any atom is -0.282 e. The molecule has 15 heavy (non-hydrogen) atoms. The number of likely N-dealkylation sites (tertiary alicyclic amines) is 1. The van der Waals surface area contributed by atoms with Gasteiger partial charge in [-0.1, -0.05) is 12.2 Å². The molecule has 0 aromatic rings. The Balaban J connectivity index is 2.24. The van der Waals surface area contributed by atoms with Gasteiger partial charge in [0.1, 0.15) is 6.10 Å². The van der Waals surface area contributed by atoms with E-state index in [4.69, 9.17) is 5.26 Å². The Bertz CT molecular complexity index is 325. The highest BCUT2D eigenvalue weighted by Crippen LogP contribution is 2.34. The summed E-state index contributed by atoms with van der Waals surface area (Å²) >= 11 is 0. The second-order valence-electron chi connectivity index (χ2n) is 3.82. The Morgan fingerprint density at radius 3 is 2.80 bits per heavy atom. The number of hydrogen-bond donors (Lipinski definition) is 1. The lowest BCUT2D eigenvalue weighted by molar-refractivity contribution is -0.269. The fraction of sp³-hybridized carbons (Fsp3) is 0.600. The largest absolute Gasteiger partial charge is 0.282 e. The van der Waals surface area contributed by atoms with Crippen molar-refractivity contribution in [3.8, 4) is 0 Å². The summed E-state index contributed by atoms with van der Waals surface area (Å²) in [5.41, 5.74) is 0. The van der Waals surface area contributed by atoms with Gasteiger partial charge in [0.05, 0.1) is 11.8 Å². The third kappa shape index (κ3) is 1.48. The maximum atomic E-state index is 11.8. The highest BCUT2D eigenvalue weighted by molar-refractivity contribution is 6.06. The maximum Gasteiger partial charge on any atom is 0.236 e. The summed E-state index contributed by atoms with van der Waals surface area (Å²) in [7, 11) is 0.